The van der Waals surface area contributed by atoms with E-state index >= 15 is 0 Å². The predicted octanol–water partition coefficient (Wildman–Crippen LogP) is 7.35. The smallest absolute Gasteiger partial charge is 0.264 e. The third-order valence-corrected chi connectivity index (χ3v) is 9.39. The Hall–Kier alpha value is -3.48. The van der Waals surface area contributed by atoms with Gasteiger partial charge in [0.2, 0.25) is 0 Å². The Morgan fingerprint density at radius 3 is 2.34 bits per heavy atom. The number of anilines is 1. The second kappa shape index (κ2) is 15.0. The van der Waals surface area contributed by atoms with E-state index in [4.69, 9.17) is 49.0 Å². The van der Waals surface area contributed by atoms with Gasteiger partial charge in [0.15, 0.2) is 11.5 Å². The van der Waals surface area contributed by atoms with Gasteiger partial charge in [0.05, 0.1) is 45.5 Å². The molecule has 4 rings (SSSR count). The lowest BCUT2D eigenvalue weighted by atomic mass is 10.2. The van der Waals surface area contributed by atoms with Gasteiger partial charge in [0.1, 0.15) is 18.9 Å². The van der Waals surface area contributed by atoms with Crippen LogP contribution in [0.3, 0.4) is 0 Å². The first kappa shape index (κ1) is 33.4. The molecule has 0 spiro atoms. The van der Waals surface area contributed by atoms with Crippen molar-refractivity contribution in [2.45, 2.75) is 11.5 Å². The highest BCUT2D eigenvalue weighted by Gasteiger charge is 2.29. The molecule has 9 nitrogen and oxygen atoms in total. The van der Waals surface area contributed by atoms with E-state index in [9.17, 15) is 13.2 Å². The number of benzene rings is 4. The van der Waals surface area contributed by atoms with E-state index in [1.807, 2.05) is 0 Å². The van der Waals surface area contributed by atoms with Crippen molar-refractivity contribution in [1.82, 2.24) is 5.43 Å². The van der Waals surface area contributed by atoms with Gasteiger partial charge in [-0.25, -0.2) is 13.8 Å². The Kier molecular flexibility index (Phi) is 11.4. The molecule has 44 heavy (non-hydrogen) atoms. The summed E-state index contributed by atoms with van der Waals surface area (Å²) in [5, 5.41) is 5.13. The van der Waals surface area contributed by atoms with Gasteiger partial charge in [-0.2, -0.15) is 5.10 Å². The normalized spacial score (nSPS) is 11.3. The van der Waals surface area contributed by atoms with Gasteiger partial charge < -0.3 is 14.2 Å². The monoisotopic (exact) mass is 739 g/mol. The second-order valence-corrected chi connectivity index (χ2v) is 13.0. The van der Waals surface area contributed by atoms with E-state index in [0.29, 0.717) is 31.6 Å². The number of methoxy groups -OCH3 is 2. The molecule has 0 bridgehead atoms. The third-order valence-electron chi connectivity index (χ3n) is 6.05. The zero-order chi connectivity index (χ0) is 31.9. The van der Waals surface area contributed by atoms with E-state index in [1.54, 1.807) is 54.6 Å². The molecular weight excluding hydrogens is 717 g/mol. The van der Waals surface area contributed by atoms with Crippen LogP contribution in [0.2, 0.25) is 15.1 Å². The summed E-state index contributed by atoms with van der Waals surface area (Å²) in [5.41, 5.74) is 3.83. The third kappa shape index (κ3) is 8.16. The number of halogens is 4. The number of nitrogens with one attached hydrogen (secondary N) is 1. The van der Waals surface area contributed by atoms with Crippen LogP contribution in [0.25, 0.3) is 0 Å². The fraction of sp³-hybridized carbons (Fsp3) is 0.133. The Labute approximate surface area is 278 Å². The SMILES string of the molecule is COc1ccc(Cl)cc1N(CC(=O)N/N=C/c1cc(Br)c(OCc2ccc(Cl)c(Cl)c2)c(OC)c1)S(=O)(=O)c1ccccc1. The molecule has 0 aliphatic carbocycles. The van der Waals surface area contributed by atoms with Crippen LogP contribution >= 0.6 is 50.7 Å². The van der Waals surface area contributed by atoms with Crippen LogP contribution in [-0.2, 0) is 21.4 Å². The Bertz CT molecular complexity index is 1790. The topological polar surface area (TPSA) is 107 Å². The number of carbonyl (C=O) groups is 1. The Morgan fingerprint density at radius 1 is 0.932 bits per heavy atom. The van der Waals surface area contributed by atoms with Gasteiger partial charge >= 0.3 is 0 Å². The molecule has 0 atom stereocenters. The molecule has 4 aromatic rings. The quantitative estimate of drug-likeness (QED) is 0.120. The maximum absolute atomic E-state index is 13.6. The summed E-state index contributed by atoms with van der Waals surface area (Å²) < 4.78 is 45.5. The highest BCUT2D eigenvalue weighted by Crippen LogP contribution is 2.37. The molecule has 0 radical (unpaired) electrons. The van der Waals surface area contributed by atoms with E-state index in [1.165, 1.54) is 44.7 Å². The first-order valence-electron chi connectivity index (χ1n) is 12.7. The van der Waals surface area contributed by atoms with E-state index < -0.39 is 22.5 Å². The zero-order valence-corrected chi connectivity index (χ0v) is 27.9. The van der Waals surface area contributed by atoms with Gasteiger partial charge in [-0.3, -0.25) is 9.10 Å². The van der Waals surface area contributed by atoms with Crippen molar-refractivity contribution in [3.8, 4) is 17.2 Å². The van der Waals surface area contributed by atoms with Crippen molar-refractivity contribution < 1.29 is 27.4 Å². The van der Waals surface area contributed by atoms with E-state index in [-0.39, 0.29) is 28.0 Å². The number of nitrogens with zero attached hydrogens (tertiary/aromatic N) is 2. The second-order valence-electron chi connectivity index (χ2n) is 9.01. The number of ether oxygens (including phenoxy) is 3. The van der Waals surface area contributed by atoms with E-state index in [0.717, 1.165) is 9.87 Å². The first-order chi connectivity index (χ1) is 21.0. The number of amides is 1. The lowest BCUT2D eigenvalue weighted by Gasteiger charge is -2.25. The van der Waals surface area contributed by atoms with Gasteiger partial charge in [-0.15, -0.1) is 0 Å². The molecule has 0 aromatic heterocycles. The molecule has 0 saturated carbocycles. The molecule has 0 heterocycles. The molecule has 230 valence electrons. The molecular formula is C30H25BrCl3N3O6S. The number of hydrogen-bond donors (Lipinski definition) is 1. The summed E-state index contributed by atoms with van der Waals surface area (Å²) in [6, 6.07) is 20.8. The summed E-state index contributed by atoms with van der Waals surface area (Å²) in [6.07, 6.45) is 1.38. The van der Waals surface area contributed by atoms with Gasteiger partial charge in [-0.05, 0) is 81.7 Å². The number of carbonyl (C=O) groups excluding carboxylic acids is 1. The minimum Gasteiger partial charge on any atom is -0.495 e. The van der Waals surface area contributed by atoms with Crippen molar-refractivity contribution in [3.05, 3.63) is 110 Å². The summed E-state index contributed by atoms with van der Waals surface area (Å²) in [7, 11) is -1.32. The summed E-state index contributed by atoms with van der Waals surface area (Å²) in [6.45, 7) is -0.408. The molecule has 0 unspecified atom stereocenters. The van der Waals surface area contributed by atoms with Crippen LogP contribution in [-0.4, -0.2) is 41.3 Å². The average molecular weight is 742 g/mol. The summed E-state index contributed by atoms with van der Waals surface area (Å²) in [4.78, 5) is 13.0. The van der Waals surface area contributed by atoms with Crippen molar-refractivity contribution in [3.63, 3.8) is 0 Å². The first-order valence-corrected chi connectivity index (χ1v) is 16.1. The molecule has 4 aromatic carbocycles. The molecule has 1 amide bonds. The van der Waals surface area contributed by atoms with Crippen molar-refractivity contribution in [2.75, 3.05) is 25.1 Å². The van der Waals surface area contributed by atoms with Gasteiger partial charge in [0, 0.05) is 5.02 Å². The maximum Gasteiger partial charge on any atom is 0.264 e. The largest absolute Gasteiger partial charge is 0.495 e. The molecule has 0 fully saturated rings. The number of hydrazone groups is 1. The summed E-state index contributed by atoms with van der Waals surface area (Å²) in [5.74, 6) is 0.344. The molecule has 0 aliphatic heterocycles. The fourth-order valence-corrected chi connectivity index (χ4v) is 6.47. The Balaban J connectivity index is 1.52. The number of hydrogen-bond acceptors (Lipinski definition) is 7. The Morgan fingerprint density at radius 2 is 1.66 bits per heavy atom. The zero-order valence-electron chi connectivity index (χ0n) is 23.3. The van der Waals surface area contributed by atoms with Crippen molar-refractivity contribution in [1.29, 1.82) is 0 Å². The minimum absolute atomic E-state index is 0.0169. The van der Waals surface area contributed by atoms with E-state index in [2.05, 4.69) is 26.5 Å². The standard InChI is InChI=1S/C30H25BrCl3N3O6S/c1-41-27-11-9-21(32)15-26(27)37(44(39,40)22-6-4-3-5-7-22)17-29(38)36-35-16-20-12-23(31)30(28(14-20)42-2)43-18-19-8-10-24(33)25(34)13-19/h3-16H,17-18H2,1-2H3,(H,36,38)/b35-16+. The highest BCUT2D eigenvalue weighted by molar-refractivity contribution is 9.10. The van der Waals surface area contributed by atoms with Crippen molar-refractivity contribution in [2.24, 2.45) is 5.10 Å². The van der Waals surface area contributed by atoms with Crippen LogP contribution in [0.4, 0.5) is 5.69 Å². The predicted molar refractivity (Wildman–Crippen MR) is 176 cm³/mol. The van der Waals surface area contributed by atoms with Crippen LogP contribution in [0, 0.1) is 0 Å². The van der Waals surface area contributed by atoms with Gasteiger partial charge in [-0.1, -0.05) is 59.1 Å². The molecule has 0 saturated heterocycles. The minimum atomic E-state index is -4.19. The number of sulfonamides is 1. The fourth-order valence-electron chi connectivity index (χ4n) is 3.96. The van der Waals surface area contributed by atoms with Crippen molar-refractivity contribution >= 4 is 78.6 Å². The lowest BCUT2D eigenvalue weighted by Crippen LogP contribution is -2.39. The number of rotatable bonds is 12. The summed E-state index contributed by atoms with van der Waals surface area (Å²) >= 11 is 21.7. The lowest BCUT2D eigenvalue weighted by molar-refractivity contribution is -0.119. The van der Waals surface area contributed by atoms with Crippen LogP contribution in [0.5, 0.6) is 17.2 Å². The molecule has 0 aliphatic rings. The molecule has 14 heteroatoms. The van der Waals surface area contributed by atoms with Crippen LogP contribution in [0.15, 0.2) is 93.3 Å². The molecule has 1 N–H and O–H groups in total. The average Bonchev–Trinajstić information content (AvgIpc) is 3.01. The highest BCUT2D eigenvalue weighted by atomic mass is 79.9. The van der Waals surface area contributed by atoms with Crippen LogP contribution in [0.1, 0.15) is 11.1 Å². The maximum atomic E-state index is 13.6. The van der Waals surface area contributed by atoms with Crippen LogP contribution < -0.4 is 23.9 Å². The van der Waals surface area contributed by atoms with Gasteiger partial charge in [0.25, 0.3) is 15.9 Å².